The Balaban J connectivity index is 2.35. The summed E-state index contributed by atoms with van der Waals surface area (Å²) < 4.78 is 5.50. The molecule has 0 aromatic heterocycles. The Morgan fingerprint density at radius 1 is 1.31 bits per heavy atom. The lowest BCUT2D eigenvalue weighted by Gasteiger charge is -2.16. The first-order chi connectivity index (χ1) is 7.74. The predicted octanol–water partition coefficient (Wildman–Crippen LogP) is 1.50. The summed E-state index contributed by atoms with van der Waals surface area (Å²) in [4.78, 5) is 0. The number of rotatable bonds is 6. The Bertz CT molecular complexity index is 308. The van der Waals surface area contributed by atoms with Crippen molar-refractivity contribution < 1.29 is 14.9 Å². The SMILES string of the molecule is C[C@H](OCc1ccccc1)[C@@H](O)/C=C/CO. The fourth-order valence-electron chi connectivity index (χ4n) is 1.26. The van der Waals surface area contributed by atoms with Crippen LogP contribution < -0.4 is 0 Å². The van der Waals surface area contributed by atoms with Gasteiger partial charge in [0.15, 0.2) is 0 Å². The van der Waals surface area contributed by atoms with E-state index >= 15 is 0 Å². The molecule has 0 radical (unpaired) electrons. The van der Waals surface area contributed by atoms with Crippen molar-refractivity contribution in [3.63, 3.8) is 0 Å². The Kier molecular flexibility index (Phi) is 5.78. The van der Waals surface area contributed by atoms with Crippen molar-refractivity contribution >= 4 is 0 Å². The van der Waals surface area contributed by atoms with Crippen LogP contribution in [0.25, 0.3) is 0 Å². The summed E-state index contributed by atoms with van der Waals surface area (Å²) in [6.45, 7) is 2.21. The number of hydrogen-bond acceptors (Lipinski definition) is 3. The molecule has 2 atom stereocenters. The summed E-state index contributed by atoms with van der Waals surface area (Å²) in [5.41, 5.74) is 1.08. The second-order valence-electron chi connectivity index (χ2n) is 3.60. The molecule has 0 unspecified atom stereocenters. The van der Waals surface area contributed by atoms with E-state index in [4.69, 9.17) is 9.84 Å². The van der Waals surface area contributed by atoms with Crippen LogP contribution in [0, 0.1) is 0 Å². The first kappa shape index (κ1) is 12.9. The molecule has 16 heavy (non-hydrogen) atoms. The quantitative estimate of drug-likeness (QED) is 0.717. The van der Waals surface area contributed by atoms with E-state index in [0.717, 1.165) is 5.56 Å². The van der Waals surface area contributed by atoms with Crippen LogP contribution in [-0.2, 0) is 11.3 Å². The molecule has 0 bridgehead atoms. The molecule has 2 N–H and O–H groups in total. The van der Waals surface area contributed by atoms with Gasteiger partial charge in [-0.3, -0.25) is 0 Å². The number of hydrogen-bond donors (Lipinski definition) is 2. The van der Waals surface area contributed by atoms with E-state index in [0.29, 0.717) is 6.61 Å². The molecule has 3 heteroatoms. The summed E-state index contributed by atoms with van der Waals surface area (Å²) in [7, 11) is 0. The molecule has 0 amide bonds. The van der Waals surface area contributed by atoms with E-state index in [1.54, 1.807) is 6.92 Å². The molecule has 1 aromatic rings. The molecular formula is C13H18O3. The largest absolute Gasteiger partial charge is 0.392 e. The van der Waals surface area contributed by atoms with Crippen molar-refractivity contribution in [1.29, 1.82) is 0 Å². The van der Waals surface area contributed by atoms with Crippen molar-refractivity contribution in [3.8, 4) is 0 Å². The number of aliphatic hydroxyl groups excluding tert-OH is 2. The van der Waals surface area contributed by atoms with E-state index in [1.165, 1.54) is 12.2 Å². The zero-order chi connectivity index (χ0) is 11.8. The fraction of sp³-hybridized carbons (Fsp3) is 0.385. The molecule has 0 aliphatic heterocycles. The topological polar surface area (TPSA) is 49.7 Å². The molecule has 1 aromatic carbocycles. The van der Waals surface area contributed by atoms with Crippen LogP contribution in [0.1, 0.15) is 12.5 Å². The molecule has 3 nitrogen and oxygen atoms in total. The molecule has 0 spiro atoms. The van der Waals surface area contributed by atoms with Crippen LogP contribution in [0.3, 0.4) is 0 Å². The molecule has 0 fully saturated rings. The van der Waals surface area contributed by atoms with Crippen LogP contribution in [-0.4, -0.2) is 29.0 Å². The highest BCUT2D eigenvalue weighted by Crippen LogP contribution is 2.06. The highest BCUT2D eigenvalue weighted by molar-refractivity contribution is 5.13. The lowest BCUT2D eigenvalue weighted by atomic mass is 10.2. The lowest BCUT2D eigenvalue weighted by Crippen LogP contribution is -2.23. The van der Waals surface area contributed by atoms with Crippen LogP contribution in [0.5, 0.6) is 0 Å². The average Bonchev–Trinajstić information content (AvgIpc) is 2.34. The third-order valence-corrected chi connectivity index (χ3v) is 2.28. The maximum Gasteiger partial charge on any atom is 0.0980 e. The Labute approximate surface area is 96.0 Å². The summed E-state index contributed by atoms with van der Waals surface area (Å²) in [6.07, 6.45) is 2.07. The van der Waals surface area contributed by atoms with Gasteiger partial charge in [-0.1, -0.05) is 42.5 Å². The normalized spacial score (nSPS) is 15.2. The van der Waals surface area contributed by atoms with Gasteiger partial charge in [0.1, 0.15) is 0 Å². The van der Waals surface area contributed by atoms with Gasteiger partial charge in [-0.05, 0) is 12.5 Å². The van der Waals surface area contributed by atoms with Crippen molar-refractivity contribution in [2.24, 2.45) is 0 Å². The first-order valence-electron chi connectivity index (χ1n) is 5.35. The van der Waals surface area contributed by atoms with Crippen molar-refractivity contribution in [1.82, 2.24) is 0 Å². The second-order valence-corrected chi connectivity index (χ2v) is 3.60. The summed E-state index contributed by atoms with van der Waals surface area (Å²) in [6, 6.07) is 9.80. The molecule has 0 aliphatic rings. The van der Waals surface area contributed by atoms with Gasteiger partial charge in [0, 0.05) is 0 Å². The molecular weight excluding hydrogens is 204 g/mol. The maximum atomic E-state index is 9.60. The fourth-order valence-corrected chi connectivity index (χ4v) is 1.26. The third kappa shape index (κ3) is 4.57. The highest BCUT2D eigenvalue weighted by Gasteiger charge is 2.10. The molecule has 0 saturated carbocycles. The summed E-state index contributed by atoms with van der Waals surface area (Å²) in [5, 5.41) is 18.2. The van der Waals surface area contributed by atoms with Crippen LogP contribution >= 0.6 is 0 Å². The van der Waals surface area contributed by atoms with E-state index in [9.17, 15) is 5.11 Å². The van der Waals surface area contributed by atoms with Gasteiger partial charge < -0.3 is 14.9 Å². The summed E-state index contributed by atoms with van der Waals surface area (Å²) >= 11 is 0. The van der Waals surface area contributed by atoms with Crippen LogP contribution in [0.15, 0.2) is 42.5 Å². The molecule has 1 rings (SSSR count). The number of benzene rings is 1. The average molecular weight is 222 g/mol. The third-order valence-electron chi connectivity index (χ3n) is 2.28. The summed E-state index contributed by atoms with van der Waals surface area (Å²) in [5.74, 6) is 0. The van der Waals surface area contributed by atoms with Gasteiger partial charge in [-0.2, -0.15) is 0 Å². The van der Waals surface area contributed by atoms with E-state index < -0.39 is 6.10 Å². The van der Waals surface area contributed by atoms with Gasteiger partial charge in [0.25, 0.3) is 0 Å². The minimum absolute atomic E-state index is 0.0670. The van der Waals surface area contributed by atoms with Gasteiger partial charge in [0.2, 0.25) is 0 Å². The molecule has 0 heterocycles. The lowest BCUT2D eigenvalue weighted by molar-refractivity contribution is -0.0154. The maximum absolute atomic E-state index is 9.60. The van der Waals surface area contributed by atoms with Crippen LogP contribution in [0.2, 0.25) is 0 Å². The van der Waals surface area contributed by atoms with Gasteiger partial charge in [-0.25, -0.2) is 0 Å². The van der Waals surface area contributed by atoms with E-state index in [1.807, 2.05) is 30.3 Å². The highest BCUT2D eigenvalue weighted by atomic mass is 16.5. The zero-order valence-electron chi connectivity index (χ0n) is 9.41. The van der Waals surface area contributed by atoms with Crippen molar-refractivity contribution in [3.05, 3.63) is 48.0 Å². The zero-order valence-corrected chi connectivity index (χ0v) is 9.41. The van der Waals surface area contributed by atoms with Gasteiger partial charge >= 0.3 is 0 Å². The van der Waals surface area contributed by atoms with Crippen molar-refractivity contribution in [2.45, 2.75) is 25.7 Å². The monoisotopic (exact) mass is 222 g/mol. The van der Waals surface area contributed by atoms with Gasteiger partial charge in [-0.15, -0.1) is 0 Å². The number of aliphatic hydroxyl groups is 2. The molecule has 0 saturated heterocycles. The molecule has 88 valence electrons. The van der Waals surface area contributed by atoms with Crippen molar-refractivity contribution in [2.75, 3.05) is 6.61 Å². The van der Waals surface area contributed by atoms with Gasteiger partial charge in [0.05, 0.1) is 25.4 Å². The van der Waals surface area contributed by atoms with Crippen LogP contribution in [0.4, 0.5) is 0 Å². The minimum atomic E-state index is -0.684. The Morgan fingerprint density at radius 3 is 2.62 bits per heavy atom. The standard InChI is InChI=1S/C13H18O3/c1-11(13(15)8-5-9-14)16-10-12-6-3-2-4-7-12/h2-8,11,13-15H,9-10H2,1H3/b8-5+/t11-,13-/m0/s1. The Morgan fingerprint density at radius 2 is 2.00 bits per heavy atom. The Hall–Kier alpha value is -1.16. The number of ether oxygens (including phenoxy) is 1. The van der Waals surface area contributed by atoms with E-state index in [2.05, 4.69) is 0 Å². The predicted molar refractivity (Wildman–Crippen MR) is 62.9 cm³/mol. The molecule has 0 aliphatic carbocycles. The second kappa shape index (κ2) is 7.17. The minimum Gasteiger partial charge on any atom is -0.392 e. The van der Waals surface area contributed by atoms with E-state index in [-0.39, 0.29) is 12.7 Å². The smallest absolute Gasteiger partial charge is 0.0980 e. The first-order valence-corrected chi connectivity index (χ1v) is 5.35.